The van der Waals surface area contributed by atoms with Crippen LogP contribution in [0.1, 0.15) is 65.5 Å². The van der Waals surface area contributed by atoms with Gasteiger partial charge >= 0.3 is 6.18 Å². The van der Waals surface area contributed by atoms with Crippen LogP contribution in [0, 0.1) is 18.8 Å². The van der Waals surface area contributed by atoms with Crippen molar-refractivity contribution in [3.8, 4) is 0 Å². The number of aliphatic imine (C=N–C) groups is 1. The Kier molecular flexibility index (Phi) is 7.83. The second-order valence-electron chi connectivity index (χ2n) is 11.9. The van der Waals surface area contributed by atoms with Crippen LogP contribution in [0.15, 0.2) is 47.9 Å². The van der Waals surface area contributed by atoms with Gasteiger partial charge < -0.3 is 9.80 Å². The van der Waals surface area contributed by atoms with Gasteiger partial charge in [0.2, 0.25) is 5.91 Å². The zero-order chi connectivity index (χ0) is 30.3. The first-order valence-corrected chi connectivity index (χ1v) is 14.9. The second-order valence-corrected chi connectivity index (χ2v) is 11.9. The average molecular weight is 593 g/mol. The lowest BCUT2D eigenvalue weighted by Gasteiger charge is -2.38. The highest BCUT2D eigenvalue weighted by Gasteiger charge is 2.40. The minimum Gasteiger partial charge on any atom is -0.339 e. The SMILES string of the molecule is Cc1cc(Cc2nccn3c(C4=CCN=C4C(F)(F)F)cnc23)ccc1C(=O)N1CCN(C(=O)[C@H]2CCC[C@H](C)C2)CC1. The molecule has 2 aromatic heterocycles. The number of allylic oxidation sites excluding steroid dienone is 1. The number of aryl methyl sites for hydroxylation is 1. The number of amides is 2. The van der Waals surface area contributed by atoms with Gasteiger partial charge in [-0.15, -0.1) is 0 Å². The number of benzene rings is 1. The maximum atomic E-state index is 13.5. The molecule has 0 unspecified atom stereocenters. The van der Waals surface area contributed by atoms with Crippen LogP contribution in [0.2, 0.25) is 0 Å². The molecule has 2 aliphatic heterocycles. The van der Waals surface area contributed by atoms with Crippen molar-refractivity contribution in [2.24, 2.45) is 16.8 Å². The number of carbonyl (C=O) groups excluding carboxylic acids is 2. The monoisotopic (exact) mass is 592 g/mol. The van der Waals surface area contributed by atoms with E-state index in [4.69, 9.17) is 0 Å². The highest BCUT2D eigenvalue weighted by Crippen LogP contribution is 2.32. The number of carbonyl (C=O) groups is 2. The molecular formula is C32H35F3N6O2. The van der Waals surface area contributed by atoms with Gasteiger partial charge in [-0.3, -0.25) is 24.0 Å². The van der Waals surface area contributed by atoms with Gasteiger partial charge in [-0.2, -0.15) is 13.2 Å². The Morgan fingerprint density at radius 3 is 2.53 bits per heavy atom. The molecule has 0 bridgehead atoms. The van der Waals surface area contributed by atoms with Gasteiger partial charge in [-0.05, 0) is 42.9 Å². The third-order valence-corrected chi connectivity index (χ3v) is 8.90. The lowest BCUT2D eigenvalue weighted by atomic mass is 9.81. The van der Waals surface area contributed by atoms with Gasteiger partial charge in [0.05, 0.1) is 24.1 Å². The van der Waals surface area contributed by atoms with Crippen LogP contribution in [0.25, 0.3) is 11.2 Å². The molecular weight excluding hydrogens is 557 g/mol. The van der Waals surface area contributed by atoms with Gasteiger partial charge in [-0.1, -0.05) is 38.0 Å². The average Bonchev–Trinajstić information content (AvgIpc) is 3.65. The number of hydrogen-bond acceptors (Lipinski definition) is 5. The first-order chi connectivity index (χ1) is 20.6. The number of rotatable bonds is 5. The topological polar surface area (TPSA) is 83.2 Å². The predicted octanol–water partition coefficient (Wildman–Crippen LogP) is 5.14. The summed E-state index contributed by atoms with van der Waals surface area (Å²) in [4.78, 5) is 42.7. The maximum Gasteiger partial charge on any atom is 0.433 e. The number of aromatic nitrogens is 3. The molecule has 0 radical (unpaired) electrons. The number of alkyl halides is 3. The fourth-order valence-corrected chi connectivity index (χ4v) is 6.66. The van der Waals surface area contributed by atoms with E-state index in [0.29, 0.717) is 61.1 Å². The van der Waals surface area contributed by atoms with E-state index in [9.17, 15) is 22.8 Å². The number of halogens is 3. The van der Waals surface area contributed by atoms with Gasteiger partial charge in [0.25, 0.3) is 5.91 Å². The van der Waals surface area contributed by atoms with Crippen LogP contribution in [0.3, 0.4) is 0 Å². The van der Waals surface area contributed by atoms with Crippen LogP contribution >= 0.6 is 0 Å². The Morgan fingerprint density at radius 1 is 1.05 bits per heavy atom. The molecule has 0 N–H and O–H groups in total. The molecule has 1 saturated carbocycles. The Balaban J connectivity index is 1.12. The predicted molar refractivity (Wildman–Crippen MR) is 157 cm³/mol. The number of imidazole rings is 1. The molecule has 1 aromatic carbocycles. The van der Waals surface area contributed by atoms with Gasteiger partial charge in [-0.25, -0.2) is 4.98 Å². The molecule has 3 aliphatic rings. The Hall–Kier alpha value is -4.02. The summed E-state index contributed by atoms with van der Waals surface area (Å²) in [5.41, 5.74) is 2.89. The van der Waals surface area contributed by atoms with Crippen molar-refractivity contribution in [2.75, 3.05) is 32.7 Å². The molecule has 226 valence electrons. The van der Waals surface area contributed by atoms with Crippen molar-refractivity contribution in [1.29, 1.82) is 0 Å². The quantitative estimate of drug-likeness (QED) is 0.411. The maximum absolute atomic E-state index is 13.5. The fraction of sp³-hybridized carbons (Fsp3) is 0.469. The van der Waals surface area contributed by atoms with Crippen molar-refractivity contribution in [3.05, 3.63) is 70.9 Å². The standard InChI is InChI=1S/C32H35F3N6O2/c1-20-4-3-5-23(16-20)30(42)39-12-14-40(15-13-39)31(43)24-7-6-22(17-21(24)2)18-26-29-38-19-27(41(29)11-10-36-26)25-8-9-37-28(25)32(33,34)35/h6-8,10-11,17,19-20,23H,3-5,9,12-16,18H2,1-2H3/t20-,23-/m0/s1. The summed E-state index contributed by atoms with van der Waals surface area (Å²) in [6.45, 7) is 6.23. The lowest BCUT2D eigenvalue weighted by molar-refractivity contribution is -0.138. The highest BCUT2D eigenvalue weighted by atomic mass is 19.4. The zero-order valence-electron chi connectivity index (χ0n) is 24.4. The molecule has 0 spiro atoms. The molecule has 1 saturated heterocycles. The number of nitrogens with zero attached hydrogens (tertiary/aromatic N) is 6. The number of fused-ring (bicyclic) bond motifs is 1. The Bertz CT molecular complexity index is 1620. The van der Waals surface area contributed by atoms with E-state index in [0.717, 1.165) is 30.4 Å². The summed E-state index contributed by atoms with van der Waals surface area (Å²) in [7, 11) is 0. The van der Waals surface area contributed by atoms with E-state index >= 15 is 0 Å². The molecule has 1 aliphatic carbocycles. The Morgan fingerprint density at radius 2 is 1.81 bits per heavy atom. The van der Waals surface area contributed by atoms with E-state index in [1.165, 1.54) is 18.7 Å². The van der Waals surface area contributed by atoms with Crippen molar-refractivity contribution in [3.63, 3.8) is 0 Å². The lowest BCUT2D eigenvalue weighted by Crippen LogP contribution is -2.52. The smallest absolute Gasteiger partial charge is 0.339 e. The van der Waals surface area contributed by atoms with Gasteiger partial charge in [0.1, 0.15) is 5.71 Å². The third kappa shape index (κ3) is 5.81. The van der Waals surface area contributed by atoms with Crippen LogP contribution in [0.5, 0.6) is 0 Å². The molecule has 4 heterocycles. The number of hydrogen-bond donors (Lipinski definition) is 0. The summed E-state index contributed by atoms with van der Waals surface area (Å²) in [6, 6.07) is 5.65. The van der Waals surface area contributed by atoms with E-state index in [-0.39, 0.29) is 29.9 Å². The Labute approximate surface area is 248 Å². The first kappa shape index (κ1) is 29.1. The molecule has 2 atom stereocenters. The van der Waals surface area contributed by atoms with Crippen molar-refractivity contribution in [1.82, 2.24) is 24.2 Å². The molecule has 3 aromatic rings. The largest absolute Gasteiger partial charge is 0.433 e. The minimum atomic E-state index is -4.54. The fourth-order valence-electron chi connectivity index (χ4n) is 6.66. The van der Waals surface area contributed by atoms with E-state index in [1.54, 1.807) is 16.8 Å². The molecule has 11 heteroatoms. The first-order valence-electron chi connectivity index (χ1n) is 14.9. The molecule has 43 heavy (non-hydrogen) atoms. The summed E-state index contributed by atoms with van der Waals surface area (Å²) in [5.74, 6) is 0.892. The third-order valence-electron chi connectivity index (χ3n) is 8.90. The number of piperazine rings is 1. The zero-order valence-corrected chi connectivity index (χ0v) is 24.4. The van der Waals surface area contributed by atoms with Gasteiger partial charge in [0, 0.05) is 62.0 Å². The minimum absolute atomic E-state index is 0.0182. The van der Waals surface area contributed by atoms with E-state index < -0.39 is 11.9 Å². The summed E-state index contributed by atoms with van der Waals surface area (Å²) >= 11 is 0. The van der Waals surface area contributed by atoms with Crippen LogP contribution in [-0.2, 0) is 11.2 Å². The van der Waals surface area contributed by atoms with Crippen LogP contribution in [-0.4, -0.2) is 80.6 Å². The van der Waals surface area contributed by atoms with E-state index in [2.05, 4.69) is 21.9 Å². The summed E-state index contributed by atoms with van der Waals surface area (Å²) in [6.07, 6.45) is 6.12. The van der Waals surface area contributed by atoms with Crippen LogP contribution < -0.4 is 0 Å². The van der Waals surface area contributed by atoms with E-state index in [1.807, 2.05) is 34.9 Å². The molecule has 2 amide bonds. The summed E-state index contributed by atoms with van der Waals surface area (Å²) < 4.78 is 42.1. The molecule has 6 rings (SSSR count). The van der Waals surface area contributed by atoms with Crippen LogP contribution in [0.4, 0.5) is 13.2 Å². The van der Waals surface area contributed by atoms with Gasteiger partial charge in [0.15, 0.2) is 5.65 Å². The summed E-state index contributed by atoms with van der Waals surface area (Å²) in [5, 5.41) is 0. The molecule has 2 fully saturated rings. The highest BCUT2D eigenvalue weighted by molar-refractivity contribution is 6.27. The van der Waals surface area contributed by atoms with Crippen molar-refractivity contribution < 1.29 is 22.8 Å². The molecule has 8 nitrogen and oxygen atoms in total. The normalized spacial score (nSPS) is 21.2. The second kappa shape index (κ2) is 11.6. The van der Waals surface area contributed by atoms with Crippen molar-refractivity contribution >= 4 is 28.7 Å². The van der Waals surface area contributed by atoms with Crippen molar-refractivity contribution in [2.45, 2.75) is 52.1 Å².